The first kappa shape index (κ1) is 82.2. The van der Waals surface area contributed by atoms with E-state index < -0.39 is 146 Å². The largest absolute Gasteiger partial charge is 0.454 e. The third-order valence-electron chi connectivity index (χ3n) is 16.1. The molecule has 2 saturated carbocycles. The molecule has 36 heteroatoms. The van der Waals surface area contributed by atoms with E-state index in [0.717, 1.165) is 64.2 Å². The number of amides is 8. The number of piperazine rings is 4. The molecule has 0 aromatic rings. The van der Waals surface area contributed by atoms with Gasteiger partial charge in [0.05, 0.1) is 0 Å². The molecule has 8 amide bonds. The Labute approximate surface area is 575 Å². The zero-order chi connectivity index (χ0) is 73.8. The van der Waals surface area contributed by atoms with Crippen LogP contribution in [0.4, 0.5) is 0 Å². The van der Waals surface area contributed by atoms with Crippen LogP contribution < -0.4 is 10.6 Å². The molecule has 4 saturated heterocycles. The van der Waals surface area contributed by atoms with Crippen molar-refractivity contribution in [2.75, 3.05) is 158 Å². The SMILES string of the molecule is CC(=O)N1CCN(C(=O)C(=O)COC(=O)/C=C/C(=O)OCC(=O)C(=O)N2CCN(C(C)=O)CC2)CC1.CN1CCN(C(=O)C(=O)COC(=O)/C=C/C(=O)OCC(=O)C(=O)N2CCN(C)CC2)CC1.O=C(/C=C/C(=O)OCC(=O)C(=O)NC1CCCCC1)OCC(=O)C(=O)NC1CCCCC1. The van der Waals surface area contributed by atoms with Gasteiger partial charge in [-0.3, -0.25) is 67.1 Å². The molecule has 4 aliphatic heterocycles. The minimum atomic E-state index is -1.10. The van der Waals surface area contributed by atoms with E-state index >= 15 is 0 Å². The van der Waals surface area contributed by atoms with Crippen LogP contribution in [0.3, 0.4) is 0 Å². The number of nitrogens with zero attached hydrogens (tertiary/aromatic N) is 8. The van der Waals surface area contributed by atoms with Crippen LogP contribution in [-0.2, 0) is 124 Å². The monoisotopic (exact) mass is 1410 g/mol. The Morgan fingerprint density at radius 3 is 0.680 bits per heavy atom. The average molecular weight is 1410 g/mol. The van der Waals surface area contributed by atoms with Gasteiger partial charge in [-0.15, -0.1) is 0 Å². The molecule has 2 aliphatic carbocycles. The maximum absolute atomic E-state index is 12.1. The molecule has 4 heterocycles. The summed E-state index contributed by atoms with van der Waals surface area (Å²) >= 11 is 0. The number of esters is 6. The van der Waals surface area contributed by atoms with Crippen molar-refractivity contribution in [1.29, 1.82) is 0 Å². The first-order valence-corrected chi connectivity index (χ1v) is 32.4. The summed E-state index contributed by atoms with van der Waals surface area (Å²) in [6.45, 7) is 4.27. The lowest BCUT2D eigenvalue weighted by molar-refractivity contribution is -0.153. The summed E-state index contributed by atoms with van der Waals surface area (Å²) in [7, 11) is 3.81. The van der Waals surface area contributed by atoms with E-state index in [1.807, 2.05) is 23.9 Å². The van der Waals surface area contributed by atoms with Crippen molar-refractivity contribution in [3.05, 3.63) is 36.5 Å². The fraction of sp³-hybridized carbons (Fsp3) is 0.594. The minimum absolute atomic E-state index is 0.0435. The van der Waals surface area contributed by atoms with Gasteiger partial charge < -0.3 is 78.3 Å². The lowest BCUT2D eigenvalue weighted by Crippen LogP contribution is -2.52. The highest BCUT2D eigenvalue weighted by molar-refractivity contribution is 6.39. The number of hydrogen-bond donors (Lipinski definition) is 2. The molecule has 6 aliphatic rings. The summed E-state index contributed by atoms with van der Waals surface area (Å²) in [5.41, 5.74) is 0. The van der Waals surface area contributed by atoms with Gasteiger partial charge in [0.25, 0.3) is 70.1 Å². The molecule has 0 atom stereocenters. The second-order valence-electron chi connectivity index (χ2n) is 23.6. The maximum atomic E-state index is 12.1. The second kappa shape index (κ2) is 43.2. The number of likely N-dealkylation sites (N-methyl/N-ethyl adjacent to an activating group) is 2. The summed E-state index contributed by atoms with van der Waals surface area (Å²) in [5, 5.41) is 5.24. The summed E-state index contributed by atoms with van der Waals surface area (Å²) in [6, 6.07) is -0.0870. The van der Waals surface area contributed by atoms with Crippen LogP contribution >= 0.6 is 0 Å². The van der Waals surface area contributed by atoms with Crippen molar-refractivity contribution >= 4 is 118 Å². The second-order valence-corrected chi connectivity index (χ2v) is 23.6. The summed E-state index contributed by atoms with van der Waals surface area (Å²) in [6.07, 6.45) is 13.6. The fourth-order valence-corrected chi connectivity index (χ4v) is 10.1. The Hall–Kier alpha value is -10.3. The number of ether oxygens (including phenoxy) is 6. The lowest BCUT2D eigenvalue weighted by Gasteiger charge is -2.33. The van der Waals surface area contributed by atoms with Crippen LogP contribution in [-0.4, -0.2) is 328 Å². The Bertz CT molecular complexity index is 2940. The van der Waals surface area contributed by atoms with Gasteiger partial charge in [-0.05, 0) is 39.8 Å². The van der Waals surface area contributed by atoms with Crippen molar-refractivity contribution in [3.63, 3.8) is 0 Å². The molecule has 0 radical (unpaired) electrons. The highest BCUT2D eigenvalue weighted by Crippen LogP contribution is 2.18. The van der Waals surface area contributed by atoms with E-state index in [1.165, 1.54) is 33.4 Å². The Kier molecular flexibility index (Phi) is 35.5. The van der Waals surface area contributed by atoms with Crippen molar-refractivity contribution in [2.24, 2.45) is 0 Å². The van der Waals surface area contributed by atoms with Crippen LogP contribution in [0, 0.1) is 0 Å². The molecule has 100 heavy (non-hydrogen) atoms. The van der Waals surface area contributed by atoms with E-state index in [-0.39, 0.29) is 50.1 Å². The normalized spacial score (nSPS) is 17.0. The van der Waals surface area contributed by atoms with E-state index in [0.29, 0.717) is 115 Å². The molecule has 2 N–H and O–H groups in total. The summed E-state index contributed by atoms with van der Waals surface area (Å²) in [5.74, 6) is -16.8. The third-order valence-corrected chi connectivity index (χ3v) is 16.1. The minimum Gasteiger partial charge on any atom is -0.454 e. The Balaban J connectivity index is 0.000000319. The van der Waals surface area contributed by atoms with Gasteiger partial charge in [0.2, 0.25) is 11.8 Å². The molecule has 0 bridgehead atoms. The predicted octanol–water partition coefficient (Wildman–Crippen LogP) is -4.87. The first-order chi connectivity index (χ1) is 47.5. The topological polar surface area (TPSA) is 447 Å². The lowest BCUT2D eigenvalue weighted by atomic mass is 9.95. The number of nitrogens with one attached hydrogen (secondary N) is 2. The number of carbonyl (C=O) groups excluding carboxylic acids is 20. The first-order valence-electron chi connectivity index (χ1n) is 32.4. The quantitative estimate of drug-likeness (QED) is 0.0355. The summed E-state index contributed by atoms with van der Waals surface area (Å²) in [4.78, 5) is 248. The number of hydrogen-bond acceptors (Lipinski definition) is 28. The highest BCUT2D eigenvalue weighted by Gasteiger charge is 2.32. The molecule has 6 rings (SSSR count). The van der Waals surface area contributed by atoms with E-state index in [4.69, 9.17) is 0 Å². The Morgan fingerprint density at radius 1 is 0.280 bits per heavy atom. The Morgan fingerprint density at radius 2 is 0.470 bits per heavy atom. The number of Topliss-reactive ketones (excluding diaryl/α,β-unsaturated/α-hetero) is 6. The molecule has 36 nitrogen and oxygen atoms in total. The smallest absolute Gasteiger partial charge is 0.331 e. The van der Waals surface area contributed by atoms with Crippen LogP contribution in [0.5, 0.6) is 0 Å². The molecule has 6 fully saturated rings. The van der Waals surface area contributed by atoms with E-state index in [9.17, 15) is 95.9 Å². The maximum Gasteiger partial charge on any atom is 0.331 e. The van der Waals surface area contributed by atoms with Gasteiger partial charge in [-0.2, -0.15) is 0 Å². The molecular weight excluding hydrogens is 1320 g/mol. The third kappa shape index (κ3) is 30.7. The van der Waals surface area contributed by atoms with Crippen LogP contribution in [0.25, 0.3) is 0 Å². The van der Waals surface area contributed by atoms with E-state index in [2.05, 4.69) is 39.1 Å². The van der Waals surface area contributed by atoms with E-state index in [1.54, 1.807) is 9.80 Å². The average Bonchev–Trinajstić information content (AvgIpc) is 0.891. The molecule has 548 valence electrons. The zero-order valence-electron chi connectivity index (χ0n) is 56.4. The number of rotatable bonds is 26. The number of carbonyl (C=O) groups is 20. The van der Waals surface area contributed by atoms with Gasteiger partial charge in [0.15, 0.2) is 39.6 Å². The van der Waals surface area contributed by atoms with Crippen molar-refractivity contribution < 1.29 is 124 Å². The molecule has 0 unspecified atom stereocenters. The van der Waals surface area contributed by atoms with Gasteiger partial charge in [-0.25, -0.2) is 28.8 Å². The van der Waals surface area contributed by atoms with Crippen molar-refractivity contribution in [1.82, 2.24) is 49.8 Å². The zero-order valence-corrected chi connectivity index (χ0v) is 56.4. The molecule has 0 spiro atoms. The summed E-state index contributed by atoms with van der Waals surface area (Å²) < 4.78 is 27.9. The van der Waals surface area contributed by atoms with Crippen molar-refractivity contribution in [3.8, 4) is 0 Å². The van der Waals surface area contributed by atoms with Crippen LogP contribution in [0.15, 0.2) is 36.5 Å². The van der Waals surface area contributed by atoms with Crippen LogP contribution in [0.1, 0.15) is 78.1 Å². The van der Waals surface area contributed by atoms with Gasteiger partial charge in [-0.1, -0.05) is 38.5 Å². The molecular formula is C64H86N10O26. The van der Waals surface area contributed by atoms with Gasteiger partial charge in [0.1, 0.15) is 0 Å². The highest BCUT2D eigenvalue weighted by atomic mass is 16.6. The van der Waals surface area contributed by atoms with Crippen LogP contribution in [0.2, 0.25) is 0 Å². The number of ketones is 6. The molecule has 0 aromatic carbocycles. The fourth-order valence-electron chi connectivity index (χ4n) is 10.1. The van der Waals surface area contributed by atoms with Gasteiger partial charge >= 0.3 is 35.8 Å². The predicted molar refractivity (Wildman–Crippen MR) is 339 cm³/mol. The van der Waals surface area contributed by atoms with Crippen molar-refractivity contribution in [2.45, 2.75) is 90.1 Å². The standard InChI is InChI=1S/C22H28N4O10.C22H30N2O8.C20H28N4O8/c1-15(27)23-5-9-25(10-6-23)21(33)17(29)13-35-19(31)3-4-20(32)36-14-18(30)22(34)26-11-7-24(8-12-26)16(2)28;25-17(21(29)23-15-7-3-1-4-8-15)13-31-19(27)11-12-20(28)32-14-18(26)22(30)24-16-9-5-2-6-10-16;1-21-5-9-23(10-6-21)19(29)15(25)13-31-17(27)3-4-18(28)32-14-16(26)20(30)24-11-7-22(2)8-12-24/h3-4H,5-14H2,1-2H3;11-12,15-16H,1-10,13-14H2,(H,23,29)(H,24,30);3-4H,5-14H2,1-2H3/b4-3+;12-11+;4-3+. The molecule has 0 aromatic heterocycles. The van der Waals surface area contributed by atoms with Gasteiger partial charge in [0, 0.05) is 167 Å².